The first-order chi connectivity index (χ1) is 43.9. The number of allylic oxidation sites excluding steroid dienone is 11. The molecule has 0 radical (unpaired) electrons. The fourth-order valence-corrected chi connectivity index (χ4v) is 12.2. The lowest BCUT2D eigenvalue weighted by Crippen LogP contribution is -2.47. The fraction of sp³-hybridized carbons (Fsp3) is 0.825. The van der Waals surface area contributed by atoms with Gasteiger partial charge in [-0.2, -0.15) is 0 Å². The number of hydrogen-bond donors (Lipinski definition) is 1. The molecule has 0 bridgehead atoms. The van der Waals surface area contributed by atoms with Crippen molar-refractivity contribution in [2.24, 2.45) is 0 Å². The number of nitrogens with zero attached hydrogens (tertiary/aromatic N) is 1. The highest BCUT2D eigenvalue weighted by molar-refractivity contribution is 7.45. The molecule has 0 saturated carbocycles. The molecule has 9 nitrogen and oxygen atoms in total. The molecule has 0 heterocycles. The predicted molar refractivity (Wildman–Crippen MR) is 390 cm³/mol. The van der Waals surface area contributed by atoms with Crippen LogP contribution in [0.4, 0.5) is 0 Å². The molecule has 10 heteroatoms. The number of phosphoric acid groups is 1. The van der Waals surface area contributed by atoms with Crippen LogP contribution in [0.1, 0.15) is 374 Å². The summed E-state index contributed by atoms with van der Waals surface area (Å²) in [5, 5.41) is 3.05. The summed E-state index contributed by atoms with van der Waals surface area (Å²) in [5.41, 5.74) is 0. The van der Waals surface area contributed by atoms with E-state index in [1.807, 2.05) is 33.3 Å². The Balaban J connectivity index is 4.95. The van der Waals surface area contributed by atoms with Gasteiger partial charge in [0.2, 0.25) is 5.91 Å². The highest BCUT2D eigenvalue weighted by Crippen LogP contribution is 2.38. The minimum Gasteiger partial charge on any atom is -0.756 e. The lowest BCUT2D eigenvalue weighted by atomic mass is 10.0. The standard InChI is InChI=1S/C80H149N2O7P/c1-7-10-13-16-19-22-25-28-30-32-34-36-38-40-41-43-44-46-48-50-52-54-57-60-63-66-69-72-79(83)81-77(76-88-90(85,86)87-75-74-82(4,5)6)78(71-68-65-62-59-56-27-24-21-18-15-12-9-3)89-80(84)73-70-67-64-61-58-55-53-51-49-47-45-42-39-37-35-33-31-29-26-23-20-17-14-11-8-2/h11,14,20,23,29,31,35,37,42,45,68,71,77-78H,7-10,12-13,15-19,21-22,24-28,30,32-34,36,38-41,43-44,46-67,69-70,72-76H2,1-6H3,(H-,81,83,85,86)/b14-11-,23-20-,31-29-,37-35-,45-42-,71-68+. The minimum absolute atomic E-state index is 0.0233. The zero-order chi connectivity index (χ0) is 65.6. The summed E-state index contributed by atoms with van der Waals surface area (Å²) >= 11 is 0. The molecule has 526 valence electrons. The fourth-order valence-electron chi connectivity index (χ4n) is 11.5. The van der Waals surface area contributed by atoms with Crippen molar-refractivity contribution in [3.05, 3.63) is 72.9 Å². The molecule has 0 rings (SSSR count). The molecule has 0 aromatic carbocycles. The van der Waals surface area contributed by atoms with Crippen molar-refractivity contribution in [3.63, 3.8) is 0 Å². The average Bonchev–Trinajstić information content (AvgIpc) is 3.11. The number of phosphoric ester groups is 1. The molecule has 3 atom stereocenters. The molecular weight excluding hydrogens is 1130 g/mol. The van der Waals surface area contributed by atoms with Crippen LogP contribution in [0, 0.1) is 0 Å². The van der Waals surface area contributed by atoms with Crippen LogP contribution in [0.15, 0.2) is 72.9 Å². The Morgan fingerprint density at radius 2 is 0.711 bits per heavy atom. The van der Waals surface area contributed by atoms with Crippen LogP contribution < -0.4 is 10.2 Å². The van der Waals surface area contributed by atoms with Crippen molar-refractivity contribution >= 4 is 19.7 Å². The number of quaternary nitrogens is 1. The number of unbranched alkanes of at least 4 members (excludes halogenated alkanes) is 45. The number of nitrogens with one attached hydrogen (secondary N) is 1. The molecule has 0 aliphatic carbocycles. The van der Waals surface area contributed by atoms with Crippen LogP contribution in [0.5, 0.6) is 0 Å². The molecule has 1 N–H and O–H groups in total. The van der Waals surface area contributed by atoms with E-state index in [1.165, 1.54) is 238 Å². The summed E-state index contributed by atoms with van der Waals surface area (Å²) < 4.78 is 30.5. The van der Waals surface area contributed by atoms with Crippen molar-refractivity contribution in [2.75, 3.05) is 40.9 Å². The zero-order valence-corrected chi connectivity index (χ0v) is 61.2. The highest BCUT2D eigenvalue weighted by atomic mass is 31.2. The van der Waals surface area contributed by atoms with Gasteiger partial charge >= 0.3 is 5.97 Å². The third-order valence-corrected chi connectivity index (χ3v) is 18.4. The van der Waals surface area contributed by atoms with Crippen LogP contribution >= 0.6 is 7.82 Å². The maximum absolute atomic E-state index is 13.6. The first kappa shape index (κ1) is 87.5. The first-order valence-corrected chi connectivity index (χ1v) is 40.2. The predicted octanol–water partition coefficient (Wildman–Crippen LogP) is 24.4. The lowest BCUT2D eigenvalue weighted by molar-refractivity contribution is -0.870. The number of esters is 1. The number of likely N-dealkylation sites (N-methyl/N-ethyl adjacent to an activating group) is 1. The molecule has 0 saturated heterocycles. The Kier molecular flexibility index (Phi) is 67.3. The average molecular weight is 1280 g/mol. The summed E-state index contributed by atoms with van der Waals surface area (Å²) in [5.74, 6) is -0.533. The van der Waals surface area contributed by atoms with Crippen LogP contribution in [0.3, 0.4) is 0 Å². The number of rotatable bonds is 71. The monoisotopic (exact) mass is 1280 g/mol. The topological polar surface area (TPSA) is 114 Å². The Morgan fingerprint density at radius 1 is 0.400 bits per heavy atom. The largest absolute Gasteiger partial charge is 0.756 e. The van der Waals surface area contributed by atoms with Crippen molar-refractivity contribution in [3.8, 4) is 0 Å². The summed E-state index contributed by atoms with van der Waals surface area (Å²) in [4.78, 5) is 40.3. The van der Waals surface area contributed by atoms with Gasteiger partial charge in [0, 0.05) is 12.8 Å². The van der Waals surface area contributed by atoms with E-state index in [-0.39, 0.29) is 31.5 Å². The second-order valence-electron chi connectivity index (χ2n) is 27.5. The summed E-state index contributed by atoms with van der Waals surface area (Å²) in [7, 11) is 1.19. The Bertz CT molecular complexity index is 1770. The Hall–Kier alpha value is -2.55. The van der Waals surface area contributed by atoms with E-state index in [2.05, 4.69) is 86.8 Å². The molecule has 1 amide bonds. The second-order valence-corrected chi connectivity index (χ2v) is 28.9. The molecule has 0 aromatic heterocycles. The van der Waals surface area contributed by atoms with E-state index in [1.54, 1.807) is 0 Å². The van der Waals surface area contributed by atoms with E-state index in [0.717, 1.165) is 103 Å². The molecule has 0 aromatic rings. The van der Waals surface area contributed by atoms with Gasteiger partial charge in [-0.3, -0.25) is 14.2 Å². The SMILES string of the molecule is CC/C=C\C/C=C\C/C=C\C/C=C\C/C=C\CCCCCCCCCCCC(=O)OC(/C=C/CCCCCCCCCCCC)C(COP(=O)([O-])OCC[N+](C)(C)C)NC(=O)CCCCCCCCCCCCCCCCCCCCCCCCCCCCC. The number of hydrogen-bond acceptors (Lipinski definition) is 7. The molecule has 90 heavy (non-hydrogen) atoms. The van der Waals surface area contributed by atoms with Gasteiger partial charge < -0.3 is 28.5 Å². The first-order valence-electron chi connectivity index (χ1n) is 38.7. The van der Waals surface area contributed by atoms with Gasteiger partial charge in [-0.05, 0) is 76.7 Å². The number of amides is 1. The van der Waals surface area contributed by atoms with Crippen molar-refractivity contribution in [2.45, 2.75) is 386 Å². The second kappa shape index (κ2) is 69.3. The third kappa shape index (κ3) is 69.8. The van der Waals surface area contributed by atoms with E-state index < -0.39 is 20.0 Å². The Labute approximate surface area is 559 Å². The van der Waals surface area contributed by atoms with E-state index in [4.69, 9.17) is 13.8 Å². The molecule has 0 aliphatic heterocycles. The van der Waals surface area contributed by atoms with Crippen LogP contribution in [-0.2, 0) is 27.9 Å². The van der Waals surface area contributed by atoms with Crippen molar-refractivity contribution < 1.29 is 37.3 Å². The molecule has 0 aliphatic rings. The maximum atomic E-state index is 13.6. The van der Waals surface area contributed by atoms with Gasteiger partial charge in [0.25, 0.3) is 7.82 Å². The molecular formula is C80H149N2O7P. The molecule has 0 fully saturated rings. The van der Waals surface area contributed by atoms with E-state index in [9.17, 15) is 19.0 Å². The van der Waals surface area contributed by atoms with Crippen LogP contribution in [-0.4, -0.2) is 69.4 Å². The van der Waals surface area contributed by atoms with E-state index >= 15 is 0 Å². The van der Waals surface area contributed by atoms with Gasteiger partial charge in [-0.25, -0.2) is 0 Å². The van der Waals surface area contributed by atoms with E-state index in [0.29, 0.717) is 17.4 Å². The normalized spacial score (nSPS) is 13.8. The van der Waals surface area contributed by atoms with Gasteiger partial charge in [-0.1, -0.05) is 357 Å². The Morgan fingerprint density at radius 3 is 1.07 bits per heavy atom. The number of carbonyl (C=O) groups is 2. The minimum atomic E-state index is -4.71. The van der Waals surface area contributed by atoms with Crippen LogP contribution in [0.2, 0.25) is 0 Å². The summed E-state index contributed by atoms with van der Waals surface area (Å²) in [6.07, 6.45) is 91.9. The van der Waals surface area contributed by atoms with Crippen molar-refractivity contribution in [1.82, 2.24) is 5.32 Å². The highest BCUT2D eigenvalue weighted by Gasteiger charge is 2.27. The quantitative estimate of drug-likeness (QED) is 0.0212. The molecule has 0 spiro atoms. The van der Waals surface area contributed by atoms with Gasteiger partial charge in [0.15, 0.2) is 0 Å². The van der Waals surface area contributed by atoms with Gasteiger partial charge in [0.05, 0.1) is 33.8 Å². The van der Waals surface area contributed by atoms with Crippen LogP contribution in [0.25, 0.3) is 0 Å². The van der Waals surface area contributed by atoms with Crippen molar-refractivity contribution in [1.29, 1.82) is 0 Å². The lowest BCUT2D eigenvalue weighted by Gasteiger charge is -2.30. The third-order valence-electron chi connectivity index (χ3n) is 17.4. The number of ether oxygens (including phenoxy) is 1. The molecule has 3 unspecified atom stereocenters. The smallest absolute Gasteiger partial charge is 0.306 e. The summed E-state index contributed by atoms with van der Waals surface area (Å²) in [6, 6.07) is -0.893. The number of carbonyl (C=O) groups excluding carboxylic acids is 2. The summed E-state index contributed by atoms with van der Waals surface area (Å²) in [6.45, 7) is 6.78. The zero-order valence-electron chi connectivity index (χ0n) is 60.3. The van der Waals surface area contributed by atoms with Gasteiger partial charge in [-0.15, -0.1) is 0 Å². The maximum Gasteiger partial charge on any atom is 0.306 e. The van der Waals surface area contributed by atoms with Gasteiger partial charge in [0.1, 0.15) is 19.3 Å².